The van der Waals surface area contributed by atoms with E-state index in [9.17, 15) is 0 Å². The Hall–Kier alpha value is -1.22. The van der Waals surface area contributed by atoms with Crippen LogP contribution in [0.25, 0.3) is 17.2 Å². The summed E-state index contributed by atoms with van der Waals surface area (Å²) in [6.07, 6.45) is 5.55. The van der Waals surface area contributed by atoms with Crippen LogP contribution in [0.15, 0.2) is 54.6 Å². The number of rotatable bonds is 1. The Balaban J connectivity index is 0.000000722. The van der Waals surface area contributed by atoms with Crippen molar-refractivity contribution in [3.8, 4) is 11.1 Å². The Kier molecular flexibility index (Phi) is 3.34. The first-order valence-corrected chi connectivity index (χ1v) is 5.29. The third-order valence-corrected chi connectivity index (χ3v) is 2.90. The molecule has 0 aliphatic heterocycles. The van der Waals surface area contributed by atoms with Crippen LogP contribution in [-0.2, 0) is 6.42 Å². The fourth-order valence-electron chi connectivity index (χ4n) is 2.16. The zero-order valence-electron chi connectivity index (χ0n) is 10.5. The molecule has 0 saturated heterocycles. The van der Waals surface area contributed by atoms with E-state index in [4.69, 9.17) is 0 Å². The fourth-order valence-corrected chi connectivity index (χ4v) is 2.16. The summed E-state index contributed by atoms with van der Waals surface area (Å²) in [5.41, 5.74) is 5.49. The molecule has 0 amide bonds. The molecule has 2 aromatic rings. The largest absolute Gasteiger partial charge is 1.00 e. The molecular formula is C15H13Li. The molecule has 2 aromatic carbocycles. The molecule has 0 nitrogen and oxygen atoms in total. The Bertz CT molecular complexity index is 518. The summed E-state index contributed by atoms with van der Waals surface area (Å²) >= 11 is 0. The van der Waals surface area contributed by atoms with Crippen LogP contribution in [0.5, 0.6) is 0 Å². The van der Waals surface area contributed by atoms with Crippen LogP contribution in [0.2, 0.25) is 0 Å². The molecule has 0 saturated carbocycles. The van der Waals surface area contributed by atoms with Crippen molar-refractivity contribution < 1.29 is 20.3 Å². The second kappa shape index (κ2) is 4.74. The van der Waals surface area contributed by atoms with Crippen molar-refractivity contribution in [1.29, 1.82) is 0 Å². The maximum atomic E-state index is 2.23. The van der Waals surface area contributed by atoms with E-state index < -0.39 is 0 Å². The summed E-state index contributed by atoms with van der Waals surface area (Å²) in [5, 5.41) is 0. The molecule has 0 radical (unpaired) electrons. The first-order chi connectivity index (χ1) is 7.45. The van der Waals surface area contributed by atoms with Gasteiger partial charge in [-0.1, -0.05) is 60.7 Å². The monoisotopic (exact) mass is 200 g/mol. The molecule has 0 N–H and O–H groups in total. The predicted molar refractivity (Wildman–Crippen MR) is 65.7 cm³/mol. The minimum atomic E-state index is 0. The van der Waals surface area contributed by atoms with Gasteiger partial charge in [-0.3, -0.25) is 0 Å². The first-order valence-electron chi connectivity index (χ1n) is 5.29. The molecule has 0 heterocycles. The van der Waals surface area contributed by atoms with Gasteiger partial charge < -0.3 is 1.43 Å². The molecule has 0 spiro atoms. The topological polar surface area (TPSA) is 0 Å². The van der Waals surface area contributed by atoms with E-state index in [-0.39, 0.29) is 20.3 Å². The molecule has 0 aromatic heterocycles. The van der Waals surface area contributed by atoms with Crippen molar-refractivity contribution >= 4 is 6.08 Å². The van der Waals surface area contributed by atoms with Crippen molar-refractivity contribution in [2.75, 3.05) is 0 Å². The molecule has 3 rings (SSSR count). The zero-order valence-corrected chi connectivity index (χ0v) is 9.48. The molecule has 0 atom stereocenters. The third-order valence-electron chi connectivity index (χ3n) is 2.90. The van der Waals surface area contributed by atoms with Gasteiger partial charge in [0.05, 0.1) is 0 Å². The van der Waals surface area contributed by atoms with Crippen LogP contribution in [0, 0.1) is 0 Å². The van der Waals surface area contributed by atoms with E-state index in [1.807, 2.05) is 0 Å². The summed E-state index contributed by atoms with van der Waals surface area (Å²) in [6, 6.07) is 17.1. The second-order valence-electron chi connectivity index (χ2n) is 3.85. The molecular weight excluding hydrogens is 187 g/mol. The predicted octanol–water partition coefficient (Wildman–Crippen LogP) is 1.04. The number of hydrogen-bond donors (Lipinski definition) is 0. The summed E-state index contributed by atoms with van der Waals surface area (Å²) in [5.74, 6) is 0. The van der Waals surface area contributed by atoms with Crippen molar-refractivity contribution in [1.82, 2.24) is 0 Å². The summed E-state index contributed by atoms with van der Waals surface area (Å²) in [4.78, 5) is 0. The van der Waals surface area contributed by atoms with Crippen LogP contribution in [0.1, 0.15) is 12.6 Å². The van der Waals surface area contributed by atoms with E-state index in [0.717, 1.165) is 6.42 Å². The van der Waals surface area contributed by atoms with Crippen molar-refractivity contribution in [3.05, 3.63) is 65.7 Å². The van der Waals surface area contributed by atoms with Gasteiger partial charge in [0.2, 0.25) is 0 Å². The van der Waals surface area contributed by atoms with Gasteiger partial charge in [0.15, 0.2) is 0 Å². The third kappa shape index (κ3) is 1.87. The van der Waals surface area contributed by atoms with E-state index in [2.05, 4.69) is 60.7 Å². The maximum Gasteiger partial charge on any atom is 1.00 e. The second-order valence-corrected chi connectivity index (χ2v) is 3.85. The van der Waals surface area contributed by atoms with Gasteiger partial charge in [0.25, 0.3) is 0 Å². The van der Waals surface area contributed by atoms with Gasteiger partial charge >= 0.3 is 18.9 Å². The first kappa shape index (κ1) is 11.3. The van der Waals surface area contributed by atoms with Gasteiger partial charge in [-0.25, -0.2) is 0 Å². The van der Waals surface area contributed by atoms with Crippen LogP contribution in [0.3, 0.4) is 0 Å². The van der Waals surface area contributed by atoms with Crippen LogP contribution >= 0.6 is 0 Å². The normalized spacial score (nSPS) is 12.0. The number of benzene rings is 2. The van der Waals surface area contributed by atoms with Crippen molar-refractivity contribution in [3.63, 3.8) is 0 Å². The molecule has 0 unspecified atom stereocenters. The number of fused-ring (bicyclic) bond motifs is 1. The molecule has 0 bridgehead atoms. The van der Waals surface area contributed by atoms with Crippen LogP contribution in [-0.4, -0.2) is 0 Å². The Morgan fingerprint density at radius 3 is 2.50 bits per heavy atom. The molecule has 16 heavy (non-hydrogen) atoms. The maximum absolute atomic E-state index is 2.23. The van der Waals surface area contributed by atoms with Crippen LogP contribution in [0.4, 0.5) is 0 Å². The van der Waals surface area contributed by atoms with Gasteiger partial charge in [-0.05, 0) is 28.7 Å². The molecule has 0 fully saturated rings. The van der Waals surface area contributed by atoms with Gasteiger partial charge in [0, 0.05) is 0 Å². The summed E-state index contributed by atoms with van der Waals surface area (Å²) in [6.45, 7) is 0. The van der Waals surface area contributed by atoms with Crippen LogP contribution < -0.4 is 18.9 Å². The van der Waals surface area contributed by atoms with E-state index in [1.54, 1.807) is 0 Å². The van der Waals surface area contributed by atoms with Crippen molar-refractivity contribution in [2.45, 2.75) is 6.42 Å². The van der Waals surface area contributed by atoms with E-state index >= 15 is 0 Å². The van der Waals surface area contributed by atoms with E-state index in [0.29, 0.717) is 0 Å². The molecule has 1 heteroatoms. The fraction of sp³-hybridized carbons (Fsp3) is 0.0667. The Morgan fingerprint density at radius 1 is 0.875 bits per heavy atom. The van der Waals surface area contributed by atoms with Crippen molar-refractivity contribution in [2.24, 2.45) is 0 Å². The molecule has 1 aliphatic rings. The standard InChI is InChI=1S/C15H12.Li.H/c1-2-6-12(7-3-1)14-10-4-8-13-9-5-11-15(13)14;;/h1-8,10-11H,9H2;;/q;+1;-1. The minimum Gasteiger partial charge on any atom is -1.00 e. The average Bonchev–Trinajstić information content (AvgIpc) is 2.78. The van der Waals surface area contributed by atoms with Gasteiger partial charge in [-0.2, -0.15) is 0 Å². The Morgan fingerprint density at radius 2 is 1.69 bits per heavy atom. The summed E-state index contributed by atoms with van der Waals surface area (Å²) in [7, 11) is 0. The number of hydrogen-bond acceptors (Lipinski definition) is 0. The van der Waals surface area contributed by atoms with Gasteiger partial charge in [-0.15, -0.1) is 0 Å². The molecule has 1 aliphatic carbocycles. The molecule has 74 valence electrons. The zero-order chi connectivity index (χ0) is 10.1. The SMILES string of the molecule is C1=Cc2c(cccc2-c2ccccc2)C1.[H-].[Li+]. The smallest absolute Gasteiger partial charge is 1.00 e. The van der Waals surface area contributed by atoms with E-state index in [1.165, 1.54) is 22.3 Å². The van der Waals surface area contributed by atoms with Gasteiger partial charge in [0.1, 0.15) is 0 Å². The number of allylic oxidation sites excluding steroid dienone is 1. The summed E-state index contributed by atoms with van der Waals surface area (Å²) < 4.78 is 0. The minimum absolute atomic E-state index is 0. The average molecular weight is 200 g/mol. The Labute approximate surface area is 110 Å². The quantitative estimate of drug-likeness (QED) is 0.603.